The highest BCUT2D eigenvalue weighted by atomic mass is 35.5. The summed E-state index contributed by atoms with van der Waals surface area (Å²) in [6, 6.07) is 8.75. The summed E-state index contributed by atoms with van der Waals surface area (Å²) < 4.78 is 1.62. The molecule has 0 N–H and O–H groups in total. The second kappa shape index (κ2) is 4.31. The molecule has 0 aliphatic rings. The van der Waals surface area contributed by atoms with Crippen molar-refractivity contribution in [3.63, 3.8) is 0 Å². The number of aliphatic imine (C=N–C) groups is 1. The van der Waals surface area contributed by atoms with E-state index in [9.17, 15) is 4.79 Å². The van der Waals surface area contributed by atoms with Crippen LogP contribution in [-0.2, 0) is 4.79 Å². The highest BCUT2D eigenvalue weighted by molar-refractivity contribution is 6.29. The van der Waals surface area contributed by atoms with Crippen LogP contribution in [0.2, 0.25) is 5.15 Å². The fourth-order valence-electron chi connectivity index (χ4n) is 1.37. The van der Waals surface area contributed by atoms with E-state index in [2.05, 4.69) is 10.1 Å². The molecule has 0 bridgehead atoms. The number of aryl methyl sites for hydroxylation is 1. The standard InChI is InChI=1S/C11H8ClN3O/c1-8-6-11(12)15(14-8)10-4-2-9(3-5-10)13-7-16/h2-6H,1H3. The summed E-state index contributed by atoms with van der Waals surface area (Å²) in [5.41, 5.74) is 2.22. The van der Waals surface area contributed by atoms with Crippen LogP contribution in [0.3, 0.4) is 0 Å². The SMILES string of the molecule is Cc1cc(Cl)n(-c2ccc(N=C=O)cc2)n1. The van der Waals surface area contributed by atoms with E-state index in [4.69, 9.17) is 11.6 Å². The summed E-state index contributed by atoms with van der Waals surface area (Å²) in [4.78, 5) is 13.6. The lowest BCUT2D eigenvalue weighted by atomic mass is 10.3. The molecule has 4 nitrogen and oxygen atoms in total. The predicted molar refractivity (Wildman–Crippen MR) is 61.1 cm³/mol. The minimum absolute atomic E-state index is 0.545. The number of hydrogen-bond acceptors (Lipinski definition) is 3. The van der Waals surface area contributed by atoms with E-state index in [0.717, 1.165) is 11.4 Å². The van der Waals surface area contributed by atoms with Crippen molar-refractivity contribution in [2.24, 2.45) is 4.99 Å². The molecule has 0 aliphatic heterocycles. The minimum Gasteiger partial charge on any atom is -0.222 e. The average molecular weight is 234 g/mol. The zero-order valence-corrected chi connectivity index (χ0v) is 9.27. The summed E-state index contributed by atoms with van der Waals surface area (Å²) in [5.74, 6) is 0. The number of benzene rings is 1. The Hall–Kier alpha value is -1.90. The monoisotopic (exact) mass is 233 g/mol. The van der Waals surface area contributed by atoms with Crippen molar-refractivity contribution in [1.29, 1.82) is 0 Å². The number of carbonyl (C=O) groups excluding carboxylic acids is 1. The molecule has 0 saturated heterocycles. The van der Waals surface area contributed by atoms with Crippen molar-refractivity contribution in [2.45, 2.75) is 6.92 Å². The van der Waals surface area contributed by atoms with Crippen molar-refractivity contribution in [3.05, 3.63) is 41.2 Å². The first kappa shape index (κ1) is 10.6. The maximum absolute atomic E-state index is 10.1. The molecule has 80 valence electrons. The normalized spacial score (nSPS) is 9.88. The Bertz CT molecular complexity index is 553. The van der Waals surface area contributed by atoms with Crippen molar-refractivity contribution < 1.29 is 4.79 Å². The van der Waals surface area contributed by atoms with Gasteiger partial charge in [-0.3, -0.25) is 0 Å². The molecule has 0 aliphatic carbocycles. The molecular formula is C11H8ClN3O. The summed E-state index contributed by atoms with van der Waals surface area (Å²) in [7, 11) is 0. The Morgan fingerprint density at radius 3 is 2.56 bits per heavy atom. The van der Waals surface area contributed by atoms with Gasteiger partial charge in [0.2, 0.25) is 6.08 Å². The molecular weight excluding hydrogens is 226 g/mol. The summed E-state index contributed by atoms with van der Waals surface area (Å²) in [6.45, 7) is 1.87. The predicted octanol–water partition coefficient (Wildman–Crippen LogP) is 2.80. The molecule has 16 heavy (non-hydrogen) atoms. The molecule has 2 aromatic rings. The third-order valence-electron chi connectivity index (χ3n) is 2.06. The van der Waals surface area contributed by atoms with Crippen molar-refractivity contribution in [2.75, 3.05) is 0 Å². The van der Waals surface area contributed by atoms with E-state index in [1.807, 2.05) is 6.92 Å². The van der Waals surface area contributed by atoms with Gasteiger partial charge in [-0.2, -0.15) is 10.1 Å². The van der Waals surface area contributed by atoms with Crippen LogP contribution in [0, 0.1) is 6.92 Å². The van der Waals surface area contributed by atoms with Gasteiger partial charge in [-0.05, 0) is 37.3 Å². The summed E-state index contributed by atoms with van der Waals surface area (Å²) in [5, 5.41) is 4.78. The Kier molecular flexibility index (Phi) is 2.86. The van der Waals surface area contributed by atoms with Gasteiger partial charge in [0.1, 0.15) is 5.15 Å². The second-order valence-electron chi connectivity index (χ2n) is 3.24. The van der Waals surface area contributed by atoms with Gasteiger partial charge >= 0.3 is 0 Å². The molecule has 1 aromatic heterocycles. The number of rotatable bonds is 2. The number of hydrogen-bond donors (Lipinski definition) is 0. The van der Waals surface area contributed by atoms with Crippen LogP contribution in [0.15, 0.2) is 35.3 Å². The summed E-state index contributed by atoms with van der Waals surface area (Å²) >= 11 is 6.00. The molecule has 0 saturated carbocycles. The zero-order chi connectivity index (χ0) is 11.5. The maximum Gasteiger partial charge on any atom is 0.240 e. The average Bonchev–Trinajstić information content (AvgIpc) is 2.59. The lowest BCUT2D eigenvalue weighted by Crippen LogP contribution is -1.95. The lowest BCUT2D eigenvalue weighted by Gasteiger charge is -2.02. The highest BCUT2D eigenvalue weighted by Gasteiger charge is 2.04. The Morgan fingerprint density at radius 2 is 2.06 bits per heavy atom. The number of aromatic nitrogens is 2. The molecule has 0 fully saturated rings. The smallest absolute Gasteiger partial charge is 0.222 e. The first-order chi connectivity index (χ1) is 7.70. The van der Waals surface area contributed by atoms with E-state index in [0.29, 0.717) is 10.8 Å². The van der Waals surface area contributed by atoms with Gasteiger partial charge in [-0.15, -0.1) is 0 Å². The lowest BCUT2D eigenvalue weighted by molar-refractivity contribution is 0.565. The van der Waals surface area contributed by atoms with Crippen LogP contribution in [0.1, 0.15) is 5.69 Å². The quantitative estimate of drug-likeness (QED) is 0.592. The molecule has 1 aromatic carbocycles. The van der Waals surface area contributed by atoms with Crippen LogP contribution in [0.5, 0.6) is 0 Å². The van der Waals surface area contributed by atoms with E-state index < -0.39 is 0 Å². The fraction of sp³-hybridized carbons (Fsp3) is 0.0909. The number of isocyanates is 1. The van der Waals surface area contributed by atoms with E-state index >= 15 is 0 Å². The topological polar surface area (TPSA) is 47.2 Å². The van der Waals surface area contributed by atoms with Crippen LogP contribution < -0.4 is 0 Å². The highest BCUT2D eigenvalue weighted by Crippen LogP contribution is 2.19. The number of nitrogens with zero attached hydrogens (tertiary/aromatic N) is 3. The molecule has 5 heteroatoms. The van der Waals surface area contributed by atoms with Crippen molar-refractivity contribution in [1.82, 2.24) is 9.78 Å². The van der Waals surface area contributed by atoms with Crippen LogP contribution in [0.4, 0.5) is 5.69 Å². The molecule has 0 atom stereocenters. The van der Waals surface area contributed by atoms with Gasteiger partial charge in [0.15, 0.2) is 0 Å². The molecule has 2 rings (SSSR count). The molecule has 0 unspecified atom stereocenters. The Morgan fingerprint density at radius 1 is 1.38 bits per heavy atom. The van der Waals surface area contributed by atoms with E-state index in [-0.39, 0.29) is 0 Å². The van der Waals surface area contributed by atoms with Crippen molar-refractivity contribution >= 4 is 23.4 Å². The molecule has 0 amide bonds. The molecule has 1 heterocycles. The third kappa shape index (κ3) is 2.03. The van der Waals surface area contributed by atoms with Crippen molar-refractivity contribution in [3.8, 4) is 5.69 Å². The first-order valence-corrected chi connectivity index (χ1v) is 4.99. The zero-order valence-electron chi connectivity index (χ0n) is 8.51. The second-order valence-corrected chi connectivity index (χ2v) is 3.63. The van der Waals surface area contributed by atoms with E-state index in [1.54, 1.807) is 35.0 Å². The summed E-state index contributed by atoms with van der Waals surface area (Å²) in [6.07, 6.45) is 1.49. The van der Waals surface area contributed by atoms with E-state index in [1.165, 1.54) is 6.08 Å². The van der Waals surface area contributed by atoms with Crippen LogP contribution >= 0.6 is 11.6 Å². The van der Waals surface area contributed by atoms with Gasteiger partial charge in [-0.25, -0.2) is 9.48 Å². The number of halogens is 1. The fourth-order valence-corrected chi connectivity index (χ4v) is 1.66. The minimum atomic E-state index is 0.545. The largest absolute Gasteiger partial charge is 0.240 e. The Labute approximate surface area is 97.2 Å². The first-order valence-electron chi connectivity index (χ1n) is 4.61. The van der Waals surface area contributed by atoms with Gasteiger partial charge in [0.05, 0.1) is 17.1 Å². The van der Waals surface area contributed by atoms with Gasteiger partial charge < -0.3 is 0 Å². The third-order valence-corrected chi connectivity index (χ3v) is 2.33. The molecule has 0 radical (unpaired) electrons. The van der Waals surface area contributed by atoms with Crippen LogP contribution in [-0.4, -0.2) is 15.9 Å². The molecule has 0 spiro atoms. The maximum atomic E-state index is 10.1. The van der Waals surface area contributed by atoms with Gasteiger partial charge in [0, 0.05) is 0 Å². The Balaban J connectivity index is 2.41. The van der Waals surface area contributed by atoms with Gasteiger partial charge in [0.25, 0.3) is 0 Å². The van der Waals surface area contributed by atoms with Gasteiger partial charge in [-0.1, -0.05) is 11.6 Å². The van der Waals surface area contributed by atoms with Crippen LogP contribution in [0.25, 0.3) is 5.69 Å².